The van der Waals surface area contributed by atoms with Crippen LogP contribution in [0.15, 0.2) is 30.3 Å². The number of rotatable bonds is 4. The Bertz CT molecular complexity index is 307. The molecule has 0 amide bonds. The zero-order valence-electron chi connectivity index (χ0n) is 11.0. The predicted molar refractivity (Wildman–Crippen MR) is 74.3 cm³/mol. The smallest absolute Gasteiger partial charge is 0.0136 e. The SMILES string of the molecule is CCCNC1CCCCCC1c1ccccc1. The zero-order chi connectivity index (χ0) is 11.9. The topological polar surface area (TPSA) is 12.0 Å². The fraction of sp³-hybridized carbons (Fsp3) is 0.625. The maximum absolute atomic E-state index is 3.76. The van der Waals surface area contributed by atoms with Gasteiger partial charge in [-0.1, -0.05) is 56.5 Å². The normalized spacial score (nSPS) is 25.5. The Morgan fingerprint density at radius 1 is 1.06 bits per heavy atom. The number of hydrogen-bond acceptors (Lipinski definition) is 1. The van der Waals surface area contributed by atoms with Gasteiger partial charge in [0, 0.05) is 6.04 Å². The molecule has 1 aromatic carbocycles. The average Bonchev–Trinajstić information content (AvgIpc) is 2.62. The molecule has 0 bridgehead atoms. The van der Waals surface area contributed by atoms with Gasteiger partial charge in [-0.2, -0.15) is 0 Å². The molecule has 94 valence electrons. The van der Waals surface area contributed by atoms with Gasteiger partial charge in [-0.3, -0.25) is 0 Å². The molecule has 1 nitrogen and oxygen atoms in total. The van der Waals surface area contributed by atoms with Crippen LogP contribution in [0.25, 0.3) is 0 Å². The largest absolute Gasteiger partial charge is 0.313 e. The molecule has 17 heavy (non-hydrogen) atoms. The third-order valence-corrected chi connectivity index (χ3v) is 3.90. The molecule has 1 heteroatoms. The highest BCUT2D eigenvalue weighted by atomic mass is 14.9. The first-order valence-corrected chi connectivity index (χ1v) is 7.20. The lowest BCUT2D eigenvalue weighted by atomic mass is 9.87. The van der Waals surface area contributed by atoms with Crippen LogP contribution in [0, 0.1) is 0 Å². The highest BCUT2D eigenvalue weighted by molar-refractivity contribution is 5.21. The van der Waals surface area contributed by atoms with Crippen molar-refractivity contribution in [1.82, 2.24) is 5.32 Å². The van der Waals surface area contributed by atoms with Crippen LogP contribution in [0.5, 0.6) is 0 Å². The van der Waals surface area contributed by atoms with Crippen molar-refractivity contribution in [3.8, 4) is 0 Å². The van der Waals surface area contributed by atoms with Gasteiger partial charge >= 0.3 is 0 Å². The molecule has 2 rings (SSSR count). The maximum Gasteiger partial charge on any atom is 0.0136 e. The second-order valence-electron chi connectivity index (χ2n) is 5.22. The van der Waals surface area contributed by atoms with Crippen molar-refractivity contribution in [2.75, 3.05) is 6.54 Å². The molecule has 0 spiro atoms. The van der Waals surface area contributed by atoms with E-state index in [4.69, 9.17) is 0 Å². The third kappa shape index (κ3) is 3.57. The van der Waals surface area contributed by atoms with Crippen LogP contribution >= 0.6 is 0 Å². The second-order valence-corrected chi connectivity index (χ2v) is 5.22. The van der Waals surface area contributed by atoms with Crippen LogP contribution in [-0.2, 0) is 0 Å². The Balaban J connectivity index is 2.08. The van der Waals surface area contributed by atoms with Gasteiger partial charge in [0.05, 0.1) is 0 Å². The van der Waals surface area contributed by atoms with E-state index >= 15 is 0 Å². The van der Waals surface area contributed by atoms with Crippen LogP contribution in [0.1, 0.15) is 56.9 Å². The Kier molecular flexibility index (Phi) is 5.06. The number of nitrogens with one attached hydrogen (secondary N) is 1. The van der Waals surface area contributed by atoms with Crippen LogP contribution < -0.4 is 5.32 Å². The van der Waals surface area contributed by atoms with E-state index in [0.717, 1.165) is 12.5 Å². The summed E-state index contributed by atoms with van der Waals surface area (Å²) in [5, 5.41) is 3.76. The molecule has 0 aliphatic heterocycles. The molecule has 0 heterocycles. The van der Waals surface area contributed by atoms with Crippen molar-refractivity contribution in [2.45, 2.75) is 57.4 Å². The van der Waals surface area contributed by atoms with E-state index in [-0.39, 0.29) is 0 Å². The molecule has 0 saturated heterocycles. The van der Waals surface area contributed by atoms with Crippen molar-refractivity contribution >= 4 is 0 Å². The fourth-order valence-corrected chi connectivity index (χ4v) is 2.98. The number of benzene rings is 1. The van der Waals surface area contributed by atoms with Crippen molar-refractivity contribution in [1.29, 1.82) is 0 Å². The fourth-order valence-electron chi connectivity index (χ4n) is 2.98. The lowest BCUT2D eigenvalue weighted by Crippen LogP contribution is -2.34. The van der Waals surface area contributed by atoms with Crippen LogP contribution in [-0.4, -0.2) is 12.6 Å². The molecule has 2 unspecified atom stereocenters. The van der Waals surface area contributed by atoms with E-state index in [1.807, 2.05) is 0 Å². The minimum absolute atomic E-state index is 0.694. The monoisotopic (exact) mass is 231 g/mol. The minimum Gasteiger partial charge on any atom is -0.313 e. The van der Waals surface area contributed by atoms with Crippen LogP contribution in [0.3, 0.4) is 0 Å². The lowest BCUT2D eigenvalue weighted by Gasteiger charge is -2.26. The highest BCUT2D eigenvalue weighted by Crippen LogP contribution is 2.31. The quantitative estimate of drug-likeness (QED) is 0.769. The minimum atomic E-state index is 0.694. The van der Waals surface area contributed by atoms with Gasteiger partial charge in [-0.15, -0.1) is 0 Å². The molecule has 2 atom stereocenters. The summed E-state index contributed by atoms with van der Waals surface area (Å²) in [5.74, 6) is 0.727. The first-order chi connectivity index (χ1) is 8.42. The maximum atomic E-state index is 3.76. The molecule has 0 aromatic heterocycles. The molecular weight excluding hydrogens is 206 g/mol. The van der Waals surface area contributed by atoms with Crippen molar-refractivity contribution in [3.05, 3.63) is 35.9 Å². The van der Waals surface area contributed by atoms with Gasteiger partial charge in [-0.05, 0) is 37.3 Å². The van der Waals surface area contributed by atoms with Gasteiger partial charge in [0.1, 0.15) is 0 Å². The number of hydrogen-bond donors (Lipinski definition) is 1. The molecule has 0 radical (unpaired) electrons. The Morgan fingerprint density at radius 3 is 2.59 bits per heavy atom. The Hall–Kier alpha value is -0.820. The summed E-state index contributed by atoms with van der Waals surface area (Å²) in [6.07, 6.45) is 8.13. The summed E-state index contributed by atoms with van der Waals surface area (Å²) < 4.78 is 0. The zero-order valence-corrected chi connectivity index (χ0v) is 11.0. The van der Waals surface area contributed by atoms with Gasteiger partial charge in [0.2, 0.25) is 0 Å². The summed E-state index contributed by atoms with van der Waals surface area (Å²) in [7, 11) is 0. The summed E-state index contributed by atoms with van der Waals surface area (Å²) in [5.41, 5.74) is 1.53. The molecule has 1 N–H and O–H groups in total. The molecule has 1 aromatic rings. The standard InChI is InChI=1S/C16H25N/c1-2-13-17-16-12-8-4-7-11-15(16)14-9-5-3-6-10-14/h3,5-6,9-10,15-17H,2,4,7-8,11-13H2,1H3. The Morgan fingerprint density at radius 2 is 1.82 bits per heavy atom. The molecule has 1 aliphatic rings. The van der Waals surface area contributed by atoms with Gasteiger partial charge in [0.25, 0.3) is 0 Å². The van der Waals surface area contributed by atoms with E-state index < -0.39 is 0 Å². The average molecular weight is 231 g/mol. The molecule has 1 aliphatic carbocycles. The second kappa shape index (κ2) is 6.80. The van der Waals surface area contributed by atoms with Crippen LogP contribution in [0.2, 0.25) is 0 Å². The lowest BCUT2D eigenvalue weighted by molar-refractivity contribution is 0.411. The van der Waals surface area contributed by atoms with E-state index in [1.54, 1.807) is 0 Å². The van der Waals surface area contributed by atoms with Crippen molar-refractivity contribution in [2.24, 2.45) is 0 Å². The van der Waals surface area contributed by atoms with E-state index in [0.29, 0.717) is 6.04 Å². The van der Waals surface area contributed by atoms with Gasteiger partial charge in [0.15, 0.2) is 0 Å². The summed E-state index contributed by atoms with van der Waals surface area (Å²) in [4.78, 5) is 0. The van der Waals surface area contributed by atoms with E-state index in [1.165, 1.54) is 44.1 Å². The molecular formula is C16H25N. The van der Waals surface area contributed by atoms with E-state index in [9.17, 15) is 0 Å². The van der Waals surface area contributed by atoms with Crippen molar-refractivity contribution in [3.63, 3.8) is 0 Å². The first-order valence-electron chi connectivity index (χ1n) is 7.20. The Labute approximate surface area is 106 Å². The summed E-state index contributed by atoms with van der Waals surface area (Å²) in [6, 6.07) is 11.8. The predicted octanol–water partition coefficient (Wildman–Crippen LogP) is 4.10. The summed E-state index contributed by atoms with van der Waals surface area (Å²) >= 11 is 0. The van der Waals surface area contributed by atoms with Crippen LogP contribution in [0.4, 0.5) is 0 Å². The van der Waals surface area contributed by atoms with Gasteiger partial charge < -0.3 is 5.32 Å². The highest BCUT2D eigenvalue weighted by Gasteiger charge is 2.24. The van der Waals surface area contributed by atoms with Crippen molar-refractivity contribution < 1.29 is 0 Å². The summed E-state index contributed by atoms with van der Waals surface area (Å²) in [6.45, 7) is 3.41. The molecule has 1 fully saturated rings. The first kappa shape index (κ1) is 12.6. The van der Waals surface area contributed by atoms with E-state index in [2.05, 4.69) is 42.6 Å². The molecule has 1 saturated carbocycles. The third-order valence-electron chi connectivity index (χ3n) is 3.90. The van der Waals surface area contributed by atoms with Gasteiger partial charge in [-0.25, -0.2) is 0 Å².